The van der Waals surface area contributed by atoms with Gasteiger partial charge >= 0.3 is 0 Å². The average Bonchev–Trinajstić information content (AvgIpc) is 2.24. The Balaban J connectivity index is 3.05. The SMILES string of the molecule is CCC(CC)(CC)c1cc[n+](C)cc1. The Morgan fingerprint density at radius 3 is 1.79 bits per heavy atom. The van der Waals surface area contributed by atoms with E-state index in [0.717, 1.165) is 0 Å². The van der Waals surface area contributed by atoms with Crippen molar-refractivity contribution in [3.63, 3.8) is 0 Å². The molecule has 0 radical (unpaired) electrons. The minimum absolute atomic E-state index is 0.397. The number of rotatable bonds is 4. The van der Waals surface area contributed by atoms with E-state index in [0.29, 0.717) is 5.41 Å². The average molecular weight is 192 g/mol. The number of pyridine rings is 1. The minimum atomic E-state index is 0.397. The van der Waals surface area contributed by atoms with Gasteiger partial charge in [0, 0.05) is 12.1 Å². The summed E-state index contributed by atoms with van der Waals surface area (Å²) >= 11 is 0. The Kier molecular flexibility index (Phi) is 3.68. The molecule has 0 N–H and O–H groups in total. The van der Waals surface area contributed by atoms with Crippen LogP contribution in [0.3, 0.4) is 0 Å². The second-order valence-electron chi connectivity index (χ2n) is 4.09. The van der Waals surface area contributed by atoms with Gasteiger partial charge < -0.3 is 0 Å². The third-order valence-corrected chi connectivity index (χ3v) is 3.62. The molecule has 0 aliphatic rings. The van der Waals surface area contributed by atoms with Crippen LogP contribution in [-0.4, -0.2) is 0 Å². The molecule has 0 aliphatic carbocycles. The van der Waals surface area contributed by atoms with Crippen molar-refractivity contribution < 1.29 is 4.57 Å². The molecule has 1 nitrogen and oxygen atoms in total. The van der Waals surface area contributed by atoms with Crippen LogP contribution < -0.4 is 4.57 Å². The smallest absolute Gasteiger partial charge is 0.168 e. The summed E-state index contributed by atoms with van der Waals surface area (Å²) < 4.78 is 2.09. The second kappa shape index (κ2) is 4.59. The van der Waals surface area contributed by atoms with Gasteiger partial charge in [-0.2, -0.15) is 0 Å². The highest BCUT2D eigenvalue weighted by Crippen LogP contribution is 2.34. The maximum absolute atomic E-state index is 2.29. The van der Waals surface area contributed by atoms with Gasteiger partial charge in [-0.15, -0.1) is 0 Å². The van der Waals surface area contributed by atoms with Gasteiger partial charge in [0.15, 0.2) is 12.4 Å². The summed E-state index contributed by atoms with van der Waals surface area (Å²) in [7, 11) is 2.06. The summed E-state index contributed by atoms with van der Waals surface area (Å²) in [6.45, 7) is 6.88. The molecule has 0 amide bonds. The van der Waals surface area contributed by atoms with Crippen LogP contribution in [0.1, 0.15) is 45.6 Å². The Morgan fingerprint density at radius 2 is 1.43 bits per heavy atom. The van der Waals surface area contributed by atoms with E-state index < -0.39 is 0 Å². The molecular weight excluding hydrogens is 170 g/mol. The van der Waals surface area contributed by atoms with Gasteiger partial charge in [-0.3, -0.25) is 0 Å². The van der Waals surface area contributed by atoms with Crippen LogP contribution in [0.4, 0.5) is 0 Å². The first kappa shape index (κ1) is 11.2. The summed E-state index contributed by atoms with van der Waals surface area (Å²) in [4.78, 5) is 0. The molecule has 78 valence electrons. The molecule has 0 bridgehead atoms. The van der Waals surface area contributed by atoms with Gasteiger partial charge in [0.05, 0.1) is 0 Å². The van der Waals surface area contributed by atoms with Crippen LogP contribution in [-0.2, 0) is 12.5 Å². The number of aryl methyl sites for hydroxylation is 1. The summed E-state index contributed by atoms with van der Waals surface area (Å²) in [6.07, 6.45) is 7.98. The van der Waals surface area contributed by atoms with Gasteiger partial charge in [-0.25, -0.2) is 4.57 Å². The fraction of sp³-hybridized carbons (Fsp3) is 0.615. The van der Waals surface area contributed by atoms with Crippen LogP contribution in [0.25, 0.3) is 0 Å². The third kappa shape index (κ3) is 1.97. The first-order valence-electron chi connectivity index (χ1n) is 5.64. The van der Waals surface area contributed by atoms with Crippen LogP contribution in [0.15, 0.2) is 24.5 Å². The molecule has 1 heteroatoms. The van der Waals surface area contributed by atoms with Gasteiger partial charge in [-0.1, -0.05) is 20.8 Å². The Hall–Kier alpha value is -0.850. The summed E-state index contributed by atoms with van der Waals surface area (Å²) in [6, 6.07) is 4.52. The molecule has 0 saturated heterocycles. The van der Waals surface area contributed by atoms with Gasteiger partial charge in [0.25, 0.3) is 0 Å². The topological polar surface area (TPSA) is 3.88 Å². The van der Waals surface area contributed by atoms with E-state index >= 15 is 0 Å². The van der Waals surface area contributed by atoms with Crippen LogP contribution in [0.5, 0.6) is 0 Å². The molecule has 14 heavy (non-hydrogen) atoms. The van der Waals surface area contributed by atoms with Crippen LogP contribution >= 0.6 is 0 Å². The lowest BCUT2D eigenvalue weighted by atomic mass is 9.74. The van der Waals surface area contributed by atoms with Gasteiger partial charge in [0.1, 0.15) is 7.05 Å². The Labute approximate surface area is 87.8 Å². The molecule has 0 saturated carbocycles. The van der Waals surface area contributed by atoms with Gasteiger partial charge in [0.2, 0.25) is 0 Å². The zero-order valence-corrected chi connectivity index (χ0v) is 9.88. The molecule has 0 unspecified atom stereocenters. The molecule has 0 fully saturated rings. The van der Waals surface area contributed by atoms with Crippen molar-refractivity contribution in [2.24, 2.45) is 7.05 Å². The second-order valence-corrected chi connectivity index (χ2v) is 4.09. The lowest BCUT2D eigenvalue weighted by Gasteiger charge is -2.30. The highest BCUT2D eigenvalue weighted by Gasteiger charge is 2.26. The molecule has 1 heterocycles. The number of nitrogens with zero attached hydrogens (tertiary/aromatic N) is 1. The molecule has 1 rings (SSSR count). The highest BCUT2D eigenvalue weighted by atomic mass is 14.9. The van der Waals surface area contributed by atoms with E-state index in [1.165, 1.54) is 24.8 Å². The fourth-order valence-electron chi connectivity index (χ4n) is 2.22. The van der Waals surface area contributed by atoms with Crippen LogP contribution in [0.2, 0.25) is 0 Å². The summed E-state index contributed by atoms with van der Waals surface area (Å²) in [5.41, 5.74) is 1.89. The quantitative estimate of drug-likeness (QED) is 0.646. The Bertz CT molecular complexity index is 262. The molecule has 0 spiro atoms. The van der Waals surface area contributed by atoms with E-state index in [-0.39, 0.29) is 0 Å². The number of hydrogen-bond acceptors (Lipinski definition) is 0. The maximum atomic E-state index is 2.29. The van der Waals surface area contributed by atoms with Crippen molar-refractivity contribution in [3.05, 3.63) is 30.1 Å². The van der Waals surface area contributed by atoms with Crippen molar-refractivity contribution >= 4 is 0 Å². The van der Waals surface area contributed by atoms with E-state index in [4.69, 9.17) is 0 Å². The molecule has 0 aliphatic heterocycles. The summed E-state index contributed by atoms with van der Waals surface area (Å²) in [5, 5.41) is 0. The zero-order chi connectivity index (χ0) is 10.6. The normalized spacial score (nSPS) is 11.7. The zero-order valence-electron chi connectivity index (χ0n) is 9.88. The predicted molar refractivity (Wildman–Crippen MR) is 60.2 cm³/mol. The van der Waals surface area contributed by atoms with E-state index in [1.54, 1.807) is 0 Å². The maximum Gasteiger partial charge on any atom is 0.168 e. The molecule has 0 atom stereocenters. The molecular formula is C13H22N+. The predicted octanol–water partition coefficient (Wildman–Crippen LogP) is 2.98. The van der Waals surface area contributed by atoms with E-state index in [1.807, 2.05) is 0 Å². The van der Waals surface area contributed by atoms with E-state index in [2.05, 4.69) is 56.9 Å². The lowest BCUT2D eigenvalue weighted by molar-refractivity contribution is -0.671. The molecule has 1 aromatic rings. The first-order valence-corrected chi connectivity index (χ1v) is 5.64. The Morgan fingerprint density at radius 1 is 1.00 bits per heavy atom. The van der Waals surface area contributed by atoms with Crippen molar-refractivity contribution in [1.82, 2.24) is 0 Å². The van der Waals surface area contributed by atoms with Crippen molar-refractivity contribution in [1.29, 1.82) is 0 Å². The third-order valence-electron chi connectivity index (χ3n) is 3.62. The van der Waals surface area contributed by atoms with Crippen LogP contribution in [0, 0.1) is 0 Å². The van der Waals surface area contributed by atoms with E-state index in [9.17, 15) is 0 Å². The number of aromatic nitrogens is 1. The highest BCUT2D eigenvalue weighted by molar-refractivity contribution is 5.20. The fourth-order valence-corrected chi connectivity index (χ4v) is 2.22. The molecule has 1 aromatic heterocycles. The molecule has 0 aromatic carbocycles. The minimum Gasteiger partial charge on any atom is -0.208 e. The number of hydrogen-bond donors (Lipinski definition) is 0. The van der Waals surface area contributed by atoms with Gasteiger partial charge in [-0.05, 0) is 30.2 Å². The monoisotopic (exact) mass is 192 g/mol. The van der Waals surface area contributed by atoms with Crippen molar-refractivity contribution in [2.75, 3.05) is 0 Å². The first-order chi connectivity index (χ1) is 6.68. The standard InChI is InChI=1S/C13H22N/c1-5-13(6-2,7-3)12-8-10-14(4)11-9-12/h8-11H,5-7H2,1-4H3/q+1. The van der Waals surface area contributed by atoms with Crippen molar-refractivity contribution in [3.8, 4) is 0 Å². The summed E-state index contributed by atoms with van der Waals surface area (Å²) in [5.74, 6) is 0. The van der Waals surface area contributed by atoms with Crippen molar-refractivity contribution in [2.45, 2.75) is 45.4 Å². The largest absolute Gasteiger partial charge is 0.208 e. The lowest BCUT2D eigenvalue weighted by Crippen LogP contribution is -2.29.